The summed E-state index contributed by atoms with van der Waals surface area (Å²) in [5.74, 6) is -1.58. The molecule has 2 unspecified atom stereocenters. The molecule has 7 nitrogen and oxygen atoms in total. The monoisotopic (exact) mass is 415 g/mol. The zero-order valence-electron chi connectivity index (χ0n) is 16.9. The molecule has 1 fully saturated rings. The molecule has 0 spiro atoms. The molecule has 1 saturated heterocycles. The Labute approximate surface area is 175 Å². The first kappa shape index (κ1) is 21.2. The van der Waals surface area contributed by atoms with Crippen molar-refractivity contribution in [2.24, 2.45) is 11.7 Å². The number of benzene rings is 1. The van der Waals surface area contributed by atoms with Gasteiger partial charge in [-0.15, -0.1) is 0 Å². The van der Waals surface area contributed by atoms with Gasteiger partial charge in [-0.05, 0) is 44.5 Å². The molecular formula is C21H26ClN5O2. The number of Topliss-reactive ketones (excluding diaryl/α,β-unsaturated/α-hetero) is 1. The van der Waals surface area contributed by atoms with E-state index >= 15 is 0 Å². The van der Waals surface area contributed by atoms with Gasteiger partial charge in [0.1, 0.15) is 11.7 Å². The summed E-state index contributed by atoms with van der Waals surface area (Å²) in [7, 11) is 0. The Kier molecular flexibility index (Phi) is 6.19. The van der Waals surface area contributed by atoms with Crippen molar-refractivity contribution in [3.05, 3.63) is 35.0 Å². The van der Waals surface area contributed by atoms with Gasteiger partial charge in [0.2, 0.25) is 5.91 Å². The number of anilines is 1. The summed E-state index contributed by atoms with van der Waals surface area (Å²) in [6, 6.07) is 5.45. The molecule has 1 aromatic heterocycles. The third kappa shape index (κ3) is 4.11. The van der Waals surface area contributed by atoms with Gasteiger partial charge in [-0.3, -0.25) is 14.6 Å². The lowest BCUT2D eigenvalue weighted by Gasteiger charge is -2.38. The second-order valence-corrected chi connectivity index (χ2v) is 7.93. The molecule has 2 heterocycles. The Hall–Kier alpha value is -2.51. The number of nitrogens with zero attached hydrogens (tertiary/aromatic N) is 3. The molecule has 1 aromatic carbocycles. The van der Waals surface area contributed by atoms with E-state index in [0.29, 0.717) is 31.2 Å². The molecule has 1 amide bonds. The van der Waals surface area contributed by atoms with E-state index < -0.39 is 5.92 Å². The Morgan fingerprint density at radius 1 is 1.24 bits per heavy atom. The van der Waals surface area contributed by atoms with Crippen LogP contribution in [0.2, 0.25) is 5.02 Å². The summed E-state index contributed by atoms with van der Waals surface area (Å²) < 4.78 is 0. The zero-order chi connectivity index (χ0) is 21.3. The summed E-state index contributed by atoms with van der Waals surface area (Å²) in [6.07, 6.45) is 1.73. The molecule has 1 aliphatic rings. The summed E-state index contributed by atoms with van der Waals surface area (Å²) in [5, 5.41) is 9.26. The fourth-order valence-electron chi connectivity index (χ4n) is 3.88. The van der Waals surface area contributed by atoms with Crippen molar-refractivity contribution in [1.82, 2.24) is 9.88 Å². The van der Waals surface area contributed by atoms with E-state index in [1.54, 1.807) is 11.1 Å². The first-order valence-corrected chi connectivity index (χ1v) is 10.0. The van der Waals surface area contributed by atoms with Crippen LogP contribution in [-0.2, 0) is 9.59 Å². The Balaban J connectivity index is 1.90. The SMILES string of the molecule is CC(=N)C(C(C)=O)C(=O)N1CCN(c2c(C(C)N)cc(Cl)c3cccnc23)CC1. The molecule has 154 valence electrons. The number of hydrogen-bond donors (Lipinski definition) is 2. The molecule has 1 aliphatic heterocycles. The van der Waals surface area contributed by atoms with Gasteiger partial charge < -0.3 is 20.9 Å². The van der Waals surface area contributed by atoms with Gasteiger partial charge in [-0.2, -0.15) is 0 Å². The summed E-state index contributed by atoms with van der Waals surface area (Å²) >= 11 is 6.46. The van der Waals surface area contributed by atoms with Crippen LogP contribution in [0.1, 0.15) is 32.4 Å². The number of halogens is 1. The van der Waals surface area contributed by atoms with E-state index in [9.17, 15) is 9.59 Å². The van der Waals surface area contributed by atoms with Crippen LogP contribution in [0.5, 0.6) is 0 Å². The highest BCUT2D eigenvalue weighted by atomic mass is 35.5. The third-order valence-electron chi connectivity index (χ3n) is 5.33. The fraction of sp³-hybridized carbons (Fsp3) is 0.429. The number of hydrogen-bond acceptors (Lipinski definition) is 6. The summed E-state index contributed by atoms with van der Waals surface area (Å²) in [6.45, 7) is 6.86. The average molecular weight is 416 g/mol. The number of nitrogens with two attached hydrogens (primary N) is 1. The molecule has 0 aliphatic carbocycles. The lowest BCUT2D eigenvalue weighted by Crippen LogP contribution is -2.52. The predicted molar refractivity (Wildman–Crippen MR) is 116 cm³/mol. The van der Waals surface area contributed by atoms with Crippen LogP contribution in [0.25, 0.3) is 10.9 Å². The van der Waals surface area contributed by atoms with Crippen molar-refractivity contribution in [3.8, 4) is 0 Å². The Bertz CT molecular complexity index is 953. The minimum absolute atomic E-state index is 0.0806. The van der Waals surface area contributed by atoms with Crippen LogP contribution in [0.15, 0.2) is 24.4 Å². The summed E-state index contributed by atoms with van der Waals surface area (Å²) in [5.41, 5.74) is 8.96. The van der Waals surface area contributed by atoms with Gasteiger partial charge in [0.05, 0.1) is 16.2 Å². The molecule has 2 atom stereocenters. The number of pyridine rings is 1. The maximum atomic E-state index is 12.8. The molecule has 3 rings (SSSR count). The number of aromatic nitrogens is 1. The van der Waals surface area contributed by atoms with Crippen LogP contribution < -0.4 is 10.6 Å². The molecule has 8 heteroatoms. The van der Waals surface area contributed by atoms with Gasteiger partial charge in [-0.1, -0.05) is 11.6 Å². The molecular weight excluding hydrogens is 390 g/mol. The van der Waals surface area contributed by atoms with Crippen LogP contribution in [0, 0.1) is 11.3 Å². The number of piperazine rings is 1. The Morgan fingerprint density at radius 2 is 1.90 bits per heavy atom. The number of rotatable bonds is 5. The van der Waals surface area contributed by atoms with E-state index in [-0.39, 0.29) is 23.4 Å². The lowest BCUT2D eigenvalue weighted by molar-refractivity contribution is -0.138. The van der Waals surface area contributed by atoms with Gasteiger partial charge >= 0.3 is 0 Å². The maximum absolute atomic E-state index is 12.8. The number of carbonyl (C=O) groups is 2. The first-order chi connectivity index (χ1) is 13.7. The smallest absolute Gasteiger partial charge is 0.238 e. The van der Waals surface area contributed by atoms with Crippen LogP contribution in [-0.4, -0.2) is 53.5 Å². The Morgan fingerprint density at radius 3 is 2.45 bits per heavy atom. The first-order valence-electron chi connectivity index (χ1n) is 9.64. The van der Waals surface area contributed by atoms with Crippen molar-refractivity contribution < 1.29 is 9.59 Å². The fourth-order valence-corrected chi connectivity index (χ4v) is 4.15. The zero-order valence-corrected chi connectivity index (χ0v) is 17.7. The molecule has 0 bridgehead atoms. The van der Waals surface area contributed by atoms with Crippen molar-refractivity contribution in [2.45, 2.75) is 26.8 Å². The minimum atomic E-state index is -0.987. The minimum Gasteiger partial charge on any atom is -0.366 e. The largest absolute Gasteiger partial charge is 0.366 e. The average Bonchev–Trinajstić information content (AvgIpc) is 2.67. The van der Waals surface area contributed by atoms with Crippen molar-refractivity contribution in [1.29, 1.82) is 5.41 Å². The molecule has 0 radical (unpaired) electrons. The standard InChI is InChI=1S/C21H26ClN5O2/c1-12(23)16-11-17(22)15-5-4-6-25-19(15)20(16)26-7-9-27(10-8-26)21(29)18(13(2)24)14(3)28/h4-6,11-12,18,24H,7-10,23H2,1-3H3. The van der Waals surface area contributed by atoms with Crippen LogP contribution in [0.3, 0.4) is 0 Å². The van der Waals surface area contributed by atoms with E-state index in [1.807, 2.05) is 25.1 Å². The highest BCUT2D eigenvalue weighted by Crippen LogP contribution is 2.37. The van der Waals surface area contributed by atoms with Gasteiger partial charge in [0.15, 0.2) is 0 Å². The number of fused-ring (bicyclic) bond motifs is 1. The number of nitrogens with one attached hydrogen (secondary N) is 1. The topological polar surface area (TPSA) is 103 Å². The van der Waals surface area contributed by atoms with E-state index in [0.717, 1.165) is 22.2 Å². The van der Waals surface area contributed by atoms with E-state index in [4.69, 9.17) is 22.7 Å². The second kappa shape index (κ2) is 8.47. The highest BCUT2D eigenvalue weighted by Gasteiger charge is 2.32. The molecule has 2 aromatic rings. The highest BCUT2D eigenvalue weighted by molar-refractivity contribution is 6.36. The van der Waals surface area contributed by atoms with Crippen molar-refractivity contribution >= 4 is 45.6 Å². The molecule has 3 N–H and O–H groups in total. The van der Waals surface area contributed by atoms with Crippen LogP contribution in [0.4, 0.5) is 5.69 Å². The predicted octanol–water partition coefficient (Wildman–Crippen LogP) is 2.80. The lowest BCUT2D eigenvalue weighted by atomic mass is 9.97. The van der Waals surface area contributed by atoms with Gasteiger partial charge in [0.25, 0.3) is 0 Å². The molecule has 0 saturated carbocycles. The van der Waals surface area contributed by atoms with Crippen molar-refractivity contribution in [3.63, 3.8) is 0 Å². The second-order valence-electron chi connectivity index (χ2n) is 7.52. The van der Waals surface area contributed by atoms with Crippen molar-refractivity contribution in [2.75, 3.05) is 31.1 Å². The van der Waals surface area contributed by atoms with Crippen LogP contribution >= 0.6 is 11.6 Å². The molecule has 29 heavy (non-hydrogen) atoms. The number of ketones is 1. The third-order valence-corrected chi connectivity index (χ3v) is 5.64. The van der Waals surface area contributed by atoms with Gasteiger partial charge in [0, 0.05) is 49.5 Å². The number of carbonyl (C=O) groups excluding carboxylic acids is 2. The van der Waals surface area contributed by atoms with E-state index in [2.05, 4.69) is 9.88 Å². The maximum Gasteiger partial charge on any atom is 0.238 e. The van der Waals surface area contributed by atoms with E-state index in [1.165, 1.54) is 13.8 Å². The number of amides is 1. The quantitative estimate of drug-likeness (QED) is 0.577. The summed E-state index contributed by atoms with van der Waals surface area (Å²) in [4.78, 5) is 33.0. The van der Waals surface area contributed by atoms with Gasteiger partial charge in [-0.25, -0.2) is 0 Å². The normalized spacial score (nSPS) is 16.6.